The van der Waals surface area contributed by atoms with Crippen molar-refractivity contribution in [2.75, 3.05) is 7.11 Å². The predicted molar refractivity (Wildman–Crippen MR) is 110 cm³/mol. The van der Waals surface area contributed by atoms with Gasteiger partial charge >= 0.3 is 0 Å². The summed E-state index contributed by atoms with van der Waals surface area (Å²) < 4.78 is 11.6. The Hall–Kier alpha value is -2.70. The van der Waals surface area contributed by atoms with E-state index in [1.807, 2.05) is 40.7 Å². The zero-order chi connectivity index (χ0) is 19.3. The number of aromatic hydroxyl groups is 1. The molecule has 0 bridgehead atoms. The fourth-order valence-corrected chi connectivity index (χ4v) is 4.57. The van der Waals surface area contributed by atoms with Crippen molar-refractivity contribution in [1.29, 1.82) is 0 Å². The molecule has 0 aliphatic carbocycles. The summed E-state index contributed by atoms with van der Waals surface area (Å²) in [5.74, 6) is 1.37. The van der Waals surface area contributed by atoms with Gasteiger partial charge in [-0.2, -0.15) is 16.4 Å². The minimum Gasteiger partial charge on any atom is -0.504 e. The molecule has 0 saturated carbocycles. The summed E-state index contributed by atoms with van der Waals surface area (Å²) >= 11 is 7.89. The lowest BCUT2D eigenvalue weighted by atomic mass is 9.96. The normalized spacial score (nSPS) is 20.2. The van der Waals surface area contributed by atoms with Crippen molar-refractivity contribution in [3.63, 3.8) is 0 Å². The molecule has 0 saturated heterocycles. The number of benzene rings is 2. The van der Waals surface area contributed by atoms with Crippen molar-refractivity contribution >= 4 is 28.6 Å². The lowest BCUT2D eigenvalue weighted by Gasteiger charge is -2.37. The minimum atomic E-state index is -0.290. The SMILES string of the molecule is COc1cc(C2=NN3C(C2)c2cc(Cl)ccc2OC3c2ccsc2)ccc1O. The van der Waals surface area contributed by atoms with E-state index in [0.29, 0.717) is 17.2 Å². The summed E-state index contributed by atoms with van der Waals surface area (Å²) in [7, 11) is 1.54. The van der Waals surface area contributed by atoms with E-state index >= 15 is 0 Å². The van der Waals surface area contributed by atoms with Crippen LogP contribution in [0.5, 0.6) is 17.2 Å². The van der Waals surface area contributed by atoms with Gasteiger partial charge in [0.1, 0.15) is 5.75 Å². The Morgan fingerprint density at radius 1 is 1.25 bits per heavy atom. The van der Waals surface area contributed by atoms with E-state index in [1.165, 1.54) is 7.11 Å². The molecule has 3 aromatic rings. The third kappa shape index (κ3) is 2.80. The van der Waals surface area contributed by atoms with Gasteiger partial charge in [0, 0.05) is 28.1 Å². The Labute approximate surface area is 171 Å². The van der Waals surface area contributed by atoms with Crippen LogP contribution in [0.4, 0.5) is 0 Å². The van der Waals surface area contributed by atoms with E-state index in [9.17, 15) is 5.11 Å². The second-order valence-corrected chi connectivity index (χ2v) is 7.96. The van der Waals surface area contributed by atoms with Gasteiger partial charge in [-0.05, 0) is 53.2 Å². The molecule has 0 radical (unpaired) electrons. The molecule has 5 nitrogen and oxygen atoms in total. The predicted octanol–water partition coefficient (Wildman–Crippen LogP) is 5.36. The first-order valence-electron chi connectivity index (χ1n) is 8.85. The summed E-state index contributed by atoms with van der Waals surface area (Å²) in [4.78, 5) is 0. The lowest BCUT2D eigenvalue weighted by Crippen LogP contribution is -2.33. The zero-order valence-corrected chi connectivity index (χ0v) is 16.6. The number of phenols is 1. The first-order chi connectivity index (χ1) is 13.6. The molecular weight excluding hydrogens is 396 g/mol. The summed E-state index contributed by atoms with van der Waals surface area (Å²) in [6.45, 7) is 0. The average molecular weight is 413 g/mol. The number of phenolic OH excluding ortho intramolecular Hbond substituents is 1. The Balaban J connectivity index is 1.59. The smallest absolute Gasteiger partial charge is 0.214 e. The molecule has 3 heterocycles. The molecule has 28 heavy (non-hydrogen) atoms. The third-order valence-electron chi connectivity index (χ3n) is 5.09. The quantitative estimate of drug-likeness (QED) is 0.629. The van der Waals surface area contributed by atoms with Crippen LogP contribution < -0.4 is 9.47 Å². The molecule has 0 fully saturated rings. The number of hydrazone groups is 1. The summed E-state index contributed by atoms with van der Waals surface area (Å²) in [5.41, 5.74) is 3.93. The molecule has 2 atom stereocenters. The van der Waals surface area contributed by atoms with E-state index in [4.69, 9.17) is 26.2 Å². The first kappa shape index (κ1) is 17.4. The molecule has 2 aromatic carbocycles. The fourth-order valence-electron chi connectivity index (χ4n) is 3.73. The maximum absolute atomic E-state index is 9.90. The highest BCUT2D eigenvalue weighted by Crippen LogP contribution is 2.48. The third-order valence-corrected chi connectivity index (χ3v) is 6.03. The standard InChI is InChI=1S/C21H17ClN2O3S/c1-26-20-8-12(2-4-18(20)25)16-10-17-15-9-14(22)3-5-19(15)27-21(24(17)23-16)13-6-7-28-11-13/h2-9,11,17,21,25H,10H2,1H3. The molecular formula is C21H17ClN2O3S. The van der Waals surface area contributed by atoms with E-state index in [1.54, 1.807) is 17.4 Å². The van der Waals surface area contributed by atoms with E-state index in [-0.39, 0.29) is 18.0 Å². The van der Waals surface area contributed by atoms with E-state index < -0.39 is 0 Å². The number of thiophene rings is 1. The molecule has 2 aliphatic heterocycles. The number of fused-ring (bicyclic) bond motifs is 3. The lowest BCUT2D eigenvalue weighted by molar-refractivity contribution is -0.0187. The number of methoxy groups -OCH3 is 1. The minimum absolute atomic E-state index is 0.0298. The van der Waals surface area contributed by atoms with Crippen molar-refractivity contribution in [2.24, 2.45) is 5.10 Å². The molecule has 0 spiro atoms. The monoisotopic (exact) mass is 412 g/mol. The van der Waals surface area contributed by atoms with Crippen LogP contribution in [0.25, 0.3) is 0 Å². The van der Waals surface area contributed by atoms with Crippen molar-refractivity contribution in [3.8, 4) is 17.2 Å². The Kier molecular flexibility index (Phi) is 4.18. The largest absolute Gasteiger partial charge is 0.504 e. The highest BCUT2D eigenvalue weighted by Gasteiger charge is 2.41. The second-order valence-electron chi connectivity index (χ2n) is 6.74. The van der Waals surface area contributed by atoms with Crippen molar-refractivity contribution < 1.29 is 14.6 Å². The molecule has 0 amide bonds. The van der Waals surface area contributed by atoms with Crippen molar-refractivity contribution in [2.45, 2.75) is 18.7 Å². The van der Waals surface area contributed by atoms with Gasteiger partial charge in [0.25, 0.3) is 0 Å². The molecule has 5 rings (SSSR count). The van der Waals surface area contributed by atoms with Crippen LogP contribution in [0.15, 0.2) is 58.3 Å². The highest BCUT2D eigenvalue weighted by molar-refractivity contribution is 7.07. The molecule has 1 aromatic heterocycles. The number of rotatable bonds is 3. The number of ether oxygens (including phenoxy) is 2. The van der Waals surface area contributed by atoms with Crippen LogP contribution in [0.2, 0.25) is 5.02 Å². The Morgan fingerprint density at radius 2 is 2.14 bits per heavy atom. The van der Waals surface area contributed by atoms with Crippen LogP contribution in [0.1, 0.15) is 35.4 Å². The Morgan fingerprint density at radius 3 is 2.93 bits per heavy atom. The molecule has 2 aliphatic rings. The van der Waals surface area contributed by atoms with Crippen LogP contribution >= 0.6 is 22.9 Å². The first-order valence-corrected chi connectivity index (χ1v) is 10.2. The Bertz CT molecular complexity index is 1070. The van der Waals surface area contributed by atoms with E-state index in [2.05, 4.69) is 11.4 Å². The van der Waals surface area contributed by atoms with Crippen LogP contribution in [-0.2, 0) is 0 Å². The average Bonchev–Trinajstić information content (AvgIpc) is 3.38. The molecule has 7 heteroatoms. The number of halogens is 1. The summed E-state index contributed by atoms with van der Waals surface area (Å²) in [6.07, 6.45) is 0.423. The van der Waals surface area contributed by atoms with Gasteiger partial charge in [-0.25, -0.2) is 5.01 Å². The number of hydrogen-bond donors (Lipinski definition) is 1. The second kappa shape index (κ2) is 6.72. The van der Waals surface area contributed by atoms with Gasteiger partial charge in [-0.1, -0.05) is 11.6 Å². The van der Waals surface area contributed by atoms with Gasteiger partial charge in [0.2, 0.25) is 6.23 Å². The van der Waals surface area contributed by atoms with Crippen molar-refractivity contribution in [1.82, 2.24) is 5.01 Å². The van der Waals surface area contributed by atoms with Crippen molar-refractivity contribution in [3.05, 3.63) is 74.9 Å². The highest BCUT2D eigenvalue weighted by atomic mass is 35.5. The molecule has 1 N–H and O–H groups in total. The van der Waals surface area contributed by atoms with Gasteiger partial charge in [0.05, 0.1) is 18.9 Å². The summed E-state index contributed by atoms with van der Waals surface area (Å²) in [5, 5.41) is 21.6. The van der Waals surface area contributed by atoms with Crippen LogP contribution in [0.3, 0.4) is 0 Å². The van der Waals surface area contributed by atoms with E-state index in [0.717, 1.165) is 28.2 Å². The van der Waals surface area contributed by atoms with Crippen LogP contribution in [-0.4, -0.2) is 22.9 Å². The summed E-state index contributed by atoms with van der Waals surface area (Å²) in [6, 6.07) is 13.1. The maximum Gasteiger partial charge on any atom is 0.214 e. The van der Waals surface area contributed by atoms with Gasteiger partial charge < -0.3 is 14.6 Å². The maximum atomic E-state index is 9.90. The zero-order valence-electron chi connectivity index (χ0n) is 15.0. The van der Waals surface area contributed by atoms with Gasteiger partial charge in [0.15, 0.2) is 11.5 Å². The van der Waals surface area contributed by atoms with Gasteiger partial charge in [-0.3, -0.25) is 0 Å². The fraction of sp³-hybridized carbons (Fsp3) is 0.190. The van der Waals surface area contributed by atoms with Crippen LogP contribution in [0, 0.1) is 0 Å². The number of nitrogens with zero attached hydrogens (tertiary/aromatic N) is 2. The number of hydrogen-bond acceptors (Lipinski definition) is 6. The topological polar surface area (TPSA) is 54.3 Å². The molecule has 2 unspecified atom stereocenters. The molecule has 142 valence electrons. The van der Waals surface area contributed by atoms with Gasteiger partial charge in [-0.15, -0.1) is 0 Å².